The van der Waals surface area contributed by atoms with Gasteiger partial charge in [-0.3, -0.25) is 5.32 Å². The van der Waals surface area contributed by atoms with Crippen LogP contribution in [-0.2, 0) is 11.2 Å². The molecule has 3 rings (SSSR count). The van der Waals surface area contributed by atoms with Gasteiger partial charge in [-0.25, -0.2) is 4.79 Å². The van der Waals surface area contributed by atoms with Crippen molar-refractivity contribution in [3.63, 3.8) is 0 Å². The zero-order valence-corrected chi connectivity index (χ0v) is 17.4. The lowest BCUT2D eigenvalue weighted by molar-refractivity contribution is 0.0636. The standard InChI is InChI=1S/C24H28N2O3/c1-24(2,3)29-23(27)26-20-10-7-11-21(28-4)22(20)25-15-14-17-12-13-18-8-5-6-9-19(18)16-17/h5-13,16,25H,14-15H2,1-4H3,(H,26,27). The zero-order valence-electron chi connectivity index (χ0n) is 17.4. The molecule has 0 aliphatic heterocycles. The number of anilines is 2. The van der Waals surface area contributed by atoms with Gasteiger partial charge in [-0.1, -0.05) is 48.5 Å². The molecule has 1 amide bonds. The van der Waals surface area contributed by atoms with E-state index in [1.165, 1.54) is 16.3 Å². The predicted octanol–water partition coefficient (Wildman–Crippen LogP) is 5.85. The fourth-order valence-corrected chi connectivity index (χ4v) is 3.13. The molecular formula is C24H28N2O3. The lowest BCUT2D eigenvalue weighted by Crippen LogP contribution is -2.27. The van der Waals surface area contributed by atoms with E-state index in [1.54, 1.807) is 7.11 Å². The van der Waals surface area contributed by atoms with Crippen molar-refractivity contribution in [1.82, 2.24) is 0 Å². The summed E-state index contributed by atoms with van der Waals surface area (Å²) in [7, 11) is 1.61. The Bertz CT molecular complexity index is 993. The lowest BCUT2D eigenvalue weighted by Gasteiger charge is -2.21. The topological polar surface area (TPSA) is 59.6 Å². The number of rotatable bonds is 6. The highest BCUT2D eigenvalue weighted by Crippen LogP contribution is 2.33. The van der Waals surface area contributed by atoms with Gasteiger partial charge in [-0.2, -0.15) is 0 Å². The fraction of sp³-hybridized carbons (Fsp3) is 0.292. The third-order valence-corrected chi connectivity index (χ3v) is 4.41. The van der Waals surface area contributed by atoms with Crippen LogP contribution in [0.25, 0.3) is 10.8 Å². The Morgan fingerprint density at radius 3 is 2.45 bits per heavy atom. The molecule has 0 radical (unpaired) electrons. The van der Waals surface area contributed by atoms with Crippen LogP contribution >= 0.6 is 0 Å². The smallest absolute Gasteiger partial charge is 0.412 e. The maximum atomic E-state index is 12.2. The molecule has 3 aromatic carbocycles. The highest BCUT2D eigenvalue weighted by Gasteiger charge is 2.18. The van der Waals surface area contributed by atoms with Gasteiger partial charge in [-0.05, 0) is 55.7 Å². The Kier molecular flexibility index (Phi) is 6.27. The molecule has 29 heavy (non-hydrogen) atoms. The minimum atomic E-state index is -0.563. The maximum Gasteiger partial charge on any atom is 0.412 e. The minimum absolute atomic E-state index is 0.497. The van der Waals surface area contributed by atoms with Gasteiger partial charge in [0.1, 0.15) is 17.0 Å². The number of hydrogen-bond donors (Lipinski definition) is 2. The summed E-state index contributed by atoms with van der Waals surface area (Å²) in [5.41, 5.74) is 2.04. The van der Waals surface area contributed by atoms with Crippen LogP contribution < -0.4 is 15.4 Å². The van der Waals surface area contributed by atoms with Crippen molar-refractivity contribution in [2.75, 3.05) is 24.3 Å². The number of nitrogens with one attached hydrogen (secondary N) is 2. The largest absolute Gasteiger partial charge is 0.495 e. The molecule has 0 atom stereocenters. The average molecular weight is 392 g/mol. The highest BCUT2D eigenvalue weighted by molar-refractivity contribution is 5.91. The summed E-state index contributed by atoms with van der Waals surface area (Å²) in [5, 5.41) is 8.68. The van der Waals surface area contributed by atoms with E-state index in [-0.39, 0.29) is 0 Å². The Labute approximate surface area is 172 Å². The molecule has 0 aliphatic rings. The van der Waals surface area contributed by atoms with Crippen molar-refractivity contribution in [1.29, 1.82) is 0 Å². The van der Waals surface area contributed by atoms with Crippen molar-refractivity contribution in [2.24, 2.45) is 0 Å². The third kappa shape index (κ3) is 5.64. The first kappa shape index (κ1) is 20.5. The van der Waals surface area contributed by atoms with Crippen molar-refractivity contribution in [3.05, 3.63) is 66.2 Å². The van der Waals surface area contributed by atoms with E-state index in [2.05, 4.69) is 41.0 Å². The number of ether oxygens (including phenoxy) is 2. The first-order valence-electron chi connectivity index (χ1n) is 9.74. The van der Waals surface area contributed by atoms with Crippen LogP contribution in [0, 0.1) is 0 Å². The molecule has 5 heteroatoms. The van der Waals surface area contributed by atoms with Gasteiger partial charge < -0.3 is 14.8 Å². The van der Waals surface area contributed by atoms with Crippen LogP contribution in [0.15, 0.2) is 60.7 Å². The molecule has 0 unspecified atom stereocenters. The van der Waals surface area contributed by atoms with Crippen molar-refractivity contribution >= 4 is 28.2 Å². The molecular weight excluding hydrogens is 364 g/mol. The molecule has 0 heterocycles. The highest BCUT2D eigenvalue weighted by atomic mass is 16.6. The second-order valence-corrected chi connectivity index (χ2v) is 7.87. The van der Waals surface area contributed by atoms with E-state index in [9.17, 15) is 4.79 Å². The van der Waals surface area contributed by atoms with Crippen LogP contribution in [0.4, 0.5) is 16.2 Å². The van der Waals surface area contributed by atoms with Crippen molar-refractivity contribution in [2.45, 2.75) is 32.8 Å². The Morgan fingerprint density at radius 2 is 1.72 bits per heavy atom. The second-order valence-electron chi connectivity index (χ2n) is 7.87. The maximum absolute atomic E-state index is 12.2. The van der Waals surface area contributed by atoms with Crippen molar-refractivity contribution in [3.8, 4) is 5.75 Å². The number of carbonyl (C=O) groups is 1. The Balaban J connectivity index is 1.70. The summed E-state index contributed by atoms with van der Waals surface area (Å²) in [5.74, 6) is 0.664. The Morgan fingerprint density at radius 1 is 0.966 bits per heavy atom. The van der Waals surface area contributed by atoms with Crippen LogP contribution in [0.2, 0.25) is 0 Å². The fourth-order valence-electron chi connectivity index (χ4n) is 3.13. The number of amides is 1. The van der Waals surface area contributed by atoms with Gasteiger partial charge in [0.15, 0.2) is 0 Å². The minimum Gasteiger partial charge on any atom is -0.495 e. The van der Waals surface area contributed by atoms with E-state index < -0.39 is 11.7 Å². The lowest BCUT2D eigenvalue weighted by atomic mass is 10.1. The molecule has 2 N–H and O–H groups in total. The summed E-state index contributed by atoms with van der Waals surface area (Å²) in [4.78, 5) is 12.2. The van der Waals surface area contributed by atoms with E-state index in [1.807, 2.05) is 51.1 Å². The van der Waals surface area contributed by atoms with Crippen LogP contribution in [0.1, 0.15) is 26.3 Å². The van der Waals surface area contributed by atoms with Gasteiger partial charge in [0.25, 0.3) is 0 Å². The first-order chi connectivity index (χ1) is 13.9. The summed E-state index contributed by atoms with van der Waals surface area (Å²) in [6, 6.07) is 20.3. The van der Waals surface area contributed by atoms with E-state index in [4.69, 9.17) is 9.47 Å². The molecule has 0 fully saturated rings. The molecule has 0 aliphatic carbocycles. The molecule has 0 aromatic heterocycles. The van der Waals surface area contributed by atoms with Gasteiger partial charge in [0, 0.05) is 6.54 Å². The van der Waals surface area contributed by atoms with Gasteiger partial charge in [-0.15, -0.1) is 0 Å². The normalized spacial score (nSPS) is 11.2. The summed E-state index contributed by atoms with van der Waals surface area (Å²) >= 11 is 0. The molecule has 0 saturated heterocycles. The second kappa shape index (κ2) is 8.86. The third-order valence-electron chi connectivity index (χ3n) is 4.41. The van der Waals surface area contributed by atoms with Crippen molar-refractivity contribution < 1.29 is 14.3 Å². The molecule has 0 spiro atoms. The molecule has 152 valence electrons. The monoisotopic (exact) mass is 392 g/mol. The zero-order chi connectivity index (χ0) is 20.9. The molecule has 0 bridgehead atoms. The molecule has 5 nitrogen and oxygen atoms in total. The number of hydrogen-bond acceptors (Lipinski definition) is 4. The van der Waals surface area contributed by atoms with Crippen LogP contribution in [0.3, 0.4) is 0 Å². The number of benzene rings is 3. The van der Waals surface area contributed by atoms with E-state index >= 15 is 0 Å². The number of para-hydroxylation sites is 1. The number of methoxy groups -OCH3 is 1. The van der Waals surface area contributed by atoms with Crippen LogP contribution in [0.5, 0.6) is 5.75 Å². The van der Waals surface area contributed by atoms with E-state index in [0.29, 0.717) is 18.0 Å². The van der Waals surface area contributed by atoms with Crippen LogP contribution in [-0.4, -0.2) is 25.3 Å². The number of fused-ring (bicyclic) bond motifs is 1. The first-order valence-corrected chi connectivity index (χ1v) is 9.74. The van der Waals surface area contributed by atoms with Gasteiger partial charge in [0.2, 0.25) is 0 Å². The summed E-state index contributed by atoms with van der Waals surface area (Å²) < 4.78 is 10.8. The Hall–Kier alpha value is -3.21. The average Bonchev–Trinajstić information content (AvgIpc) is 2.67. The summed E-state index contributed by atoms with van der Waals surface area (Å²) in [6.07, 6.45) is 0.345. The summed E-state index contributed by atoms with van der Waals surface area (Å²) in [6.45, 7) is 6.20. The molecule has 3 aromatic rings. The number of carbonyl (C=O) groups excluding carboxylic acids is 1. The molecule has 0 saturated carbocycles. The predicted molar refractivity (Wildman–Crippen MR) is 119 cm³/mol. The van der Waals surface area contributed by atoms with Gasteiger partial charge in [0.05, 0.1) is 12.8 Å². The van der Waals surface area contributed by atoms with E-state index in [0.717, 1.165) is 12.1 Å². The SMILES string of the molecule is COc1cccc(NC(=O)OC(C)(C)C)c1NCCc1ccc2ccccc2c1. The van der Waals surface area contributed by atoms with Gasteiger partial charge >= 0.3 is 6.09 Å². The quantitative estimate of drug-likeness (QED) is 0.552.